The van der Waals surface area contributed by atoms with Crippen LogP contribution in [-0.2, 0) is 42.1 Å². The number of hydrogen-bond acceptors (Lipinski definition) is 18. The Bertz CT molecular complexity index is 470. The molecule has 0 heterocycles. The van der Waals surface area contributed by atoms with Crippen LogP contribution in [-0.4, -0.2) is 42.4 Å². The summed E-state index contributed by atoms with van der Waals surface area (Å²) >= 11 is 0. The van der Waals surface area contributed by atoms with E-state index in [9.17, 15) is 0 Å². The Morgan fingerprint density at radius 1 is 0.500 bits per heavy atom. The van der Waals surface area contributed by atoms with Gasteiger partial charge in [-0.2, -0.15) is 0 Å². The van der Waals surface area contributed by atoms with Crippen molar-refractivity contribution in [3.8, 4) is 0 Å². The fourth-order valence-corrected chi connectivity index (χ4v) is 0. The fourth-order valence-electron chi connectivity index (χ4n) is 0. The zero-order valence-corrected chi connectivity index (χ0v) is 24.6. The number of aliphatic hydroxyl groups excluding tert-OH is 2. The molecule has 36 heavy (non-hydrogen) atoms. The van der Waals surface area contributed by atoms with E-state index < -0.39 is 20.3 Å². The van der Waals surface area contributed by atoms with Crippen LogP contribution in [0.1, 0.15) is 41.5 Å². The van der Waals surface area contributed by atoms with Crippen LogP contribution in [0, 0.1) is 82.9 Å². The molecule has 26 heteroatoms. The van der Waals surface area contributed by atoms with Crippen molar-refractivity contribution in [1.29, 1.82) is 10.8 Å². The van der Waals surface area contributed by atoms with Crippen molar-refractivity contribution in [3.05, 3.63) is 61.3 Å². The summed E-state index contributed by atoms with van der Waals surface area (Å²) in [4.78, 5) is 33.0. The van der Waals surface area contributed by atoms with Gasteiger partial charge in [-0.05, 0) is 0 Å². The largest absolute Gasteiger partial charge is 0.496 e. The van der Waals surface area contributed by atoms with E-state index in [-0.39, 0.29) is 89.4 Å². The van der Waals surface area contributed by atoms with Crippen LogP contribution in [0.4, 0.5) is 0 Å². The van der Waals surface area contributed by atoms with Crippen molar-refractivity contribution >= 4 is 11.8 Å². The molecule has 0 atom stereocenters. The van der Waals surface area contributed by atoms with Gasteiger partial charge in [-0.15, -0.1) is 0 Å². The van der Waals surface area contributed by atoms with Gasteiger partial charge >= 0.3 is 0 Å². The normalized spacial score (nSPS) is 7.06. The first-order chi connectivity index (χ1) is 12.8. The third-order valence-electron chi connectivity index (χ3n) is 1.42. The Labute approximate surface area is 233 Å². The first-order valence-corrected chi connectivity index (χ1v) is 6.64. The summed E-state index contributed by atoms with van der Waals surface area (Å²) < 4.78 is 0. The molecule has 0 amide bonds. The zero-order valence-electron chi connectivity index (χ0n) is 20.0. The van der Waals surface area contributed by atoms with Crippen LogP contribution in [0.25, 0.3) is 0 Å². The monoisotopic (exact) mass is 908 g/mol. The van der Waals surface area contributed by atoms with E-state index in [4.69, 9.17) is 82.3 Å². The molecule has 0 spiro atoms. The second kappa shape index (κ2) is 42.1. The molecule has 24 nitrogen and oxygen atoms in total. The fraction of sp³-hybridized carbons (Fsp3) is 0.800. The smallest absolute Gasteiger partial charge is 0.183 e. The number of nitrogens with zero attached hydrogens (tertiary/aromatic N) is 4. The summed E-state index contributed by atoms with van der Waals surface area (Å²) in [6, 6.07) is 0. The standard InChI is InChI=1S/2C5H11NO.4NO3.4H3N.2Pt/c2*1-5(2,3)4(6)7;4*2-1(3)4;;;;;;/h2*1-3H3,(H2,6,7);;;;;4*1H3;;/q;;4*-1;;;;;;. The Hall–Kier alpha value is -3.04. The van der Waals surface area contributed by atoms with E-state index in [1.807, 2.05) is 0 Å². The van der Waals surface area contributed by atoms with Gasteiger partial charge in [-0.3, -0.25) is 10.8 Å². The van der Waals surface area contributed by atoms with Gasteiger partial charge in [0.05, 0.1) is 20.3 Å². The second-order valence-electron chi connectivity index (χ2n) is 6.09. The van der Waals surface area contributed by atoms with Gasteiger partial charge < -0.3 is 96.1 Å². The van der Waals surface area contributed by atoms with Crippen molar-refractivity contribution < 1.29 is 72.7 Å². The van der Waals surface area contributed by atoms with Crippen LogP contribution in [0.15, 0.2) is 0 Å². The molecule has 0 fully saturated rings. The summed E-state index contributed by atoms with van der Waals surface area (Å²) in [7, 11) is 0. The van der Waals surface area contributed by atoms with Crippen molar-refractivity contribution in [1.82, 2.24) is 24.6 Å². The summed E-state index contributed by atoms with van der Waals surface area (Å²) in [6.45, 7) is 10.7. The molecule has 0 aliphatic rings. The van der Waals surface area contributed by atoms with Crippen LogP contribution in [0.3, 0.4) is 0 Å². The minimum atomic E-state index is -1.75. The van der Waals surface area contributed by atoms with Gasteiger partial charge in [0.15, 0.2) is 11.8 Å². The molecule has 0 radical (unpaired) electrons. The maximum atomic E-state index is 8.47. The van der Waals surface area contributed by atoms with E-state index in [1.165, 1.54) is 0 Å². The van der Waals surface area contributed by atoms with Gasteiger partial charge in [0.2, 0.25) is 0 Å². The molecule has 16 N–H and O–H groups in total. The van der Waals surface area contributed by atoms with Crippen LogP contribution < -0.4 is 24.6 Å². The molecular formula is C10H34N10O14Pt2-4. The third kappa shape index (κ3) is 346. The number of aliphatic hydroxyl groups is 2. The van der Waals surface area contributed by atoms with E-state index in [0.717, 1.165) is 0 Å². The van der Waals surface area contributed by atoms with Crippen molar-refractivity contribution in [2.75, 3.05) is 0 Å². The van der Waals surface area contributed by atoms with Gasteiger partial charge in [-0.25, -0.2) is 0 Å². The molecule has 0 unspecified atom stereocenters. The van der Waals surface area contributed by atoms with E-state index in [1.54, 1.807) is 41.5 Å². The predicted molar refractivity (Wildman–Crippen MR) is 121 cm³/mol. The number of rotatable bonds is 0. The number of nitrogens with one attached hydrogen (secondary N) is 2. The molecular weight excluding hydrogens is 874 g/mol. The van der Waals surface area contributed by atoms with Gasteiger partial charge in [0.1, 0.15) is 0 Å². The Kier molecular flexibility index (Phi) is 89.7. The zero-order chi connectivity index (χ0) is 26.5. The molecule has 0 aliphatic carbocycles. The van der Waals surface area contributed by atoms with Crippen molar-refractivity contribution in [2.24, 2.45) is 10.8 Å². The van der Waals surface area contributed by atoms with Gasteiger partial charge in [-0.1, -0.05) is 41.5 Å². The second-order valence-corrected chi connectivity index (χ2v) is 6.09. The molecule has 0 rings (SSSR count). The van der Waals surface area contributed by atoms with Crippen molar-refractivity contribution in [3.63, 3.8) is 0 Å². The van der Waals surface area contributed by atoms with E-state index in [2.05, 4.69) is 0 Å². The molecule has 0 bridgehead atoms. The number of hydrogen-bond donors (Lipinski definition) is 8. The quantitative estimate of drug-likeness (QED) is 0.0749. The average molecular weight is 909 g/mol. The molecule has 232 valence electrons. The van der Waals surface area contributed by atoms with Crippen LogP contribution in [0.2, 0.25) is 0 Å². The Balaban J connectivity index is -0.0000000189. The van der Waals surface area contributed by atoms with Crippen LogP contribution >= 0.6 is 0 Å². The average Bonchev–Trinajstić information content (AvgIpc) is 2.33. The first-order valence-electron chi connectivity index (χ1n) is 6.64. The maximum absolute atomic E-state index is 8.47. The van der Waals surface area contributed by atoms with E-state index in [0.29, 0.717) is 0 Å². The molecule has 0 saturated carbocycles. The summed E-state index contributed by atoms with van der Waals surface area (Å²) in [5.74, 6) is -0.514. The van der Waals surface area contributed by atoms with Gasteiger partial charge in [0, 0.05) is 53.0 Å². The summed E-state index contributed by atoms with van der Waals surface area (Å²) in [6.07, 6.45) is 0. The molecule has 0 aromatic carbocycles. The third-order valence-corrected chi connectivity index (χ3v) is 1.42. The summed E-state index contributed by atoms with van der Waals surface area (Å²) in [5.41, 5.74) is -0.722. The minimum absolute atomic E-state index is 0. The molecule has 0 saturated heterocycles. The van der Waals surface area contributed by atoms with Crippen LogP contribution in [0.5, 0.6) is 0 Å². The molecule has 0 aromatic heterocycles. The molecule has 0 aliphatic heterocycles. The first kappa shape index (κ1) is 76.6. The topological polar surface area (TPSA) is 493 Å². The van der Waals surface area contributed by atoms with Gasteiger partial charge in [0.25, 0.3) is 0 Å². The minimum Gasteiger partial charge on any atom is -0.496 e. The van der Waals surface area contributed by atoms with E-state index >= 15 is 0 Å². The summed E-state index contributed by atoms with van der Waals surface area (Å²) in [5, 5.41) is 89.3. The maximum Gasteiger partial charge on any atom is 0.183 e. The SMILES string of the molecule is CC(C)(C)C(=N)O.CC(C)(C)C(=N)O.N.N.N.N.O=[N+]([O-])[O-].O=[N+]([O-])[O-].O=[N+]([O-])[O-].O=[N+]([O-])[O-].[Pt].[Pt]. The Morgan fingerprint density at radius 2 is 0.528 bits per heavy atom. The molecule has 0 aromatic rings. The Morgan fingerprint density at radius 3 is 0.528 bits per heavy atom. The van der Waals surface area contributed by atoms with Crippen molar-refractivity contribution in [2.45, 2.75) is 41.5 Å². The predicted octanol–water partition coefficient (Wildman–Crippen LogP) is 2.82.